The number of aromatic nitrogens is 2. The average molecular weight is 420 g/mol. The van der Waals surface area contributed by atoms with Crippen molar-refractivity contribution in [2.45, 2.75) is 39.2 Å². The van der Waals surface area contributed by atoms with Crippen LogP contribution in [0.5, 0.6) is 5.75 Å². The molecular formula is C25H29N3O3. The number of ether oxygens (including phenoxy) is 1. The lowest BCUT2D eigenvalue weighted by Crippen LogP contribution is -2.39. The second-order valence-corrected chi connectivity index (χ2v) is 9.08. The Bertz CT molecular complexity index is 1270. The molecule has 1 aliphatic heterocycles. The molecule has 2 heterocycles. The van der Waals surface area contributed by atoms with Gasteiger partial charge in [-0.25, -0.2) is 4.79 Å². The third-order valence-corrected chi connectivity index (χ3v) is 7.14. The van der Waals surface area contributed by atoms with Gasteiger partial charge in [-0.1, -0.05) is 18.2 Å². The number of hydrogen-bond donors (Lipinski definition) is 1. The largest absolute Gasteiger partial charge is 0.496 e. The Hall–Kier alpha value is -2.86. The standard InChI is InChI=1S/C25H29N3O3/c1-15-11-16(2)23-20(12-15)24(29)28(25(30)26-23)10-9-27-13-17-7-8-19-18(21(17)14-27)5-4-6-22(19)31-3/h4-6,11-12,17,21H,7-10,13-14H2,1-3H3,(H,26,30)/t17-,21+/m0/s1. The number of nitrogens with zero attached hydrogens (tertiary/aromatic N) is 2. The molecule has 1 saturated heterocycles. The summed E-state index contributed by atoms with van der Waals surface area (Å²) in [5, 5.41) is 0.591. The van der Waals surface area contributed by atoms with Gasteiger partial charge in [0.1, 0.15) is 5.75 Å². The highest BCUT2D eigenvalue weighted by molar-refractivity contribution is 5.81. The first kappa shape index (κ1) is 20.1. The van der Waals surface area contributed by atoms with Gasteiger partial charge in [-0.3, -0.25) is 9.36 Å². The van der Waals surface area contributed by atoms with Crippen LogP contribution in [0.2, 0.25) is 0 Å². The lowest BCUT2D eigenvalue weighted by atomic mass is 9.77. The van der Waals surface area contributed by atoms with Crippen LogP contribution in [0.15, 0.2) is 39.9 Å². The lowest BCUT2D eigenvalue weighted by Gasteiger charge is -2.28. The van der Waals surface area contributed by atoms with Crippen LogP contribution < -0.4 is 16.0 Å². The van der Waals surface area contributed by atoms with Crippen LogP contribution in [-0.2, 0) is 13.0 Å². The topological polar surface area (TPSA) is 67.3 Å². The summed E-state index contributed by atoms with van der Waals surface area (Å²) in [6, 6.07) is 10.2. The van der Waals surface area contributed by atoms with E-state index in [2.05, 4.69) is 22.0 Å². The predicted molar refractivity (Wildman–Crippen MR) is 122 cm³/mol. The van der Waals surface area contributed by atoms with E-state index in [-0.39, 0.29) is 11.2 Å². The van der Waals surface area contributed by atoms with Gasteiger partial charge in [0.15, 0.2) is 0 Å². The number of nitrogens with one attached hydrogen (secondary N) is 1. The minimum Gasteiger partial charge on any atom is -0.496 e. The van der Waals surface area contributed by atoms with E-state index in [1.165, 1.54) is 15.7 Å². The van der Waals surface area contributed by atoms with E-state index in [9.17, 15) is 9.59 Å². The van der Waals surface area contributed by atoms with Crippen molar-refractivity contribution in [1.82, 2.24) is 14.5 Å². The van der Waals surface area contributed by atoms with Crippen molar-refractivity contribution in [2.24, 2.45) is 5.92 Å². The Morgan fingerprint density at radius 1 is 1.13 bits per heavy atom. The third kappa shape index (κ3) is 3.39. The molecule has 1 aromatic heterocycles. The molecule has 0 bridgehead atoms. The number of aromatic amines is 1. The average Bonchev–Trinajstić information content (AvgIpc) is 3.17. The van der Waals surface area contributed by atoms with E-state index in [4.69, 9.17) is 4.74 Å². The molecule has 2 aromatic carbocycles. The van der Waals surface area contributed by atoms with Gasteiger partial charge in [-0.2, -0.15) is 0 Å². The Morgan fingerprint density at radius 3 is 2.77 bits per heavy atom. The summed E-state index contributed by atoms with van der Waals surface area (Å²) in [6.07, 6.45) is 2.21. The van der Waals surface area contributed by atoms with Crippen LogP contribution in [0.3, 0.4) is 0 Å². The van der Waals surface area contributed by atoms with Gasteiger partial charge in [0, 0.05) is 32.1 Å². The molecule has 31 heavy (non-hydrogen) atoms. The van der Waals surface area contributed by atoms with Gasteiger partial charge in [-0.05, 0) is 67.0 Å². The molecule has 162 valence electrons. The second kappa shape index (κ2) is 7.68. The fourth-order valence-corrected chi connectivity index (χ4v) is 5.67. The molecule has 2 atom stereocenters. The summed E-state index contributed by atoms with van der Waals surface area (Å²) >= 11 is 0. The highest BCUT2D eigenvalue weighted by Crippen LogP contribution is 2.43. The van der Waals surface area contributed by atoms with E-state index in [1.807, 2.05) is 32.0 Å². The quantitative estimate of drug-likeness (QED) is 0.706. The summed E-state index contributed by atoms with van der Waals surface area (Å²) < 4.78 is 6.94. The molecule has 6 nitrogen and oxygen atoms in total. The summed E-state index contributed by atoms with van der Waals surface area (Å²) in [4.78, 5) is 31.0. The Morgan fingerprint density at radius 2 is 1.97 bits per heavy atom. The smallest absolute Gasteiger partial charge is 0.328 e. The maximum Gasteiger partial charge on any atom is 0.328 e. The van der Waals surface area contributed by atoms with Crippen LogP contribution in [-0.4, -0.2) is 41.2 Å². The zero-order chi connectivity index (χ0) is 21.7. The minimum absolute atomic E-state index is 0.197. The van der Waals surface area contributed by atoms with Crippen molar-refractivity contribution in [1.29, 1.82) is 0 Å². The number of H-pyrrole nitrogens is 1. The molecule has 1 aliphatic carbocycles. The van der Waals surface area contributed by atoms with Gasteiger partial charge in [0.2, 0.25) is 0 Å². The Kier molecular flexibility index (Phi) is 4.97. The van der Waals surface area contributed by atoms with E-state index in [0.29, 0.717) is 35.8 Å². The van der Waals surface area contributed by atoms with Gasteiger partial charge in [-0.15, -0.1) is 0 Å². The first-order valence-electron chi connectivity index (χ1n) is 11.1. The zero-order valence-corrected chi connectivity index (χ0v) is 18.4. The summed E-state index contributed by atoms with van der Waals surface area (Å²) in [7, 11) is 1.74. The zero-order valence-electron chi connectivity index (χ0n) is 18.4. The monoisotopic (exact) mass is 419 g/mol. The van der Waals surface area contributed by atoms with Crippen molar-refractivity contribution in [3.05, 3.63) is 73.4 Å². The molecule has 0 spiro atoms. The molecule has 0 radical (unpaired) electrons. The normalized spacial score (nSPS) is 20.6. The number of rotatable bonds is 4. The predicted octanol–water partition coefficient (Wildman–Crippen LogP) is 2.98. The number of fused-ring (bicyclic) bond motifs is 4. The summed E-state index contributed by atoms with van der Waals surface area (Å²) in [5.74, 6) is 2.11. The molecule has 5 rings (SSSR count). The number of aryl methyl sites for hydroxylation is 2. The molecule has 2 aliphatic rings. The number of benzene rings is 2. The van der Waals surface area contributed by atoms with Crippen LogP contribution >= 0.6 is 0 Å². The molecule has 0 unspecified atom stereocenters. The lowest BCUT2D eigenvalue weighted by molar-refractivity contribution is 0.303. The van der Waals surface area contributed by atoms with Crippen LogP contribution in [0.25, 0.3) is 10.9 Å². The maximum absolute atomic E-state index is 13.1. The number of methoxy groups -OCH3 is 1. The van der Waals surface area contributed by atoms with Gasteiger partial charge in [0.25, 0.3) is 5.56 Å². The van der Waals surface area contributed by atoms with Crippen molar-refractivity contribution in [3.8, 4) is 5.75 Å². The molecule has 1 N–H and O–H groups in total. The highest BCUT2D eigenvalue weighted by Gasteiger charge is 2.38. The Labute approximate surface area is 181 Å². The van der Waals surface area contributed by atoms with Crippen molar-refractivity contribution >= 4 is 10.9 Å². The maximum atomic E-state index is 13.1. The van der Waals surface area contributed by atoms with E-state index >= 15 is 0 Å². The molecule has 0 amide bonds. The van der Waals surface area contributed by atoms with Gasteiger partial charge >= 0.3 is 5.69 Å². The van der Waals surface area contributed by atoms with Crippen LogP contribution in [0, 0.1) is 19.8 Å². The SMILES string of the molecule is COc1cccc2c1CC[C@H]1CN(CCn3c(=O)[nH]c4c(C)cc(C)cc4c3=O)C[C@@H]21. The molecular weight excluding hydrogens is 390 g/mol. The molecule has 6 heteroatoms. The van der Waals surface area contributed by atoms with Gasteiger partial charge < -0.3 is 14.6 Å². The fourth-order valence-electron chi connectivity index (χ4n) is 5.67. The van der Waals surface area contributed by atoms with Crippen LogP contribution in [0.4, 0.5) is 0 Å². The highest BCUT2D eigenvalue weighted by atomic mass is 16.5. The van der Waals surface area contributed by atoms with E-state index in [0.717, 1.165) is 42.8 Å². The Balaban J connectivity index is 1.38. The van der Waals surface area contributed by atoms with Crippen molar-refractivity contribution < 1.29 is 4.74 Å². The molecule has 0 saturated carbocycles. The second-order valence-electron chi connectivity index (χ2n) is 9.08. The van der Waals surface area contributed by atoms with E-state index in [1.54, 1.807) is 7.11 Å². The number of likely N-dealkylation sites (tertiary alicyclic amines) is 1. The minimum atomic E-state index is -0.323. The first-order valence-corrected chi connectivity index (χ1v) is 11.1. The first-order chi connectivity index (χ1) is 15.0. The van der Waals surface area contributed by atoms with Crippen molar-refractivity contribution in [3.63, 3.8) is 0 Å². The molecule has 3 aromatic rings. The third-order valence-electron chi connectivity index (χ3n) is 7.14. The van der Waals surface area contributed by atoms with Gasteiger partial charge in [0.05, 0.1) is 18.0 Å². The van der Waals surface area contributed by atoms with Crippen LogP contribution in [0.1, 0.15) is 34.6 Å². The van der Waals surface area contributed by atoms with E-state index < -0.39 is 0 Å². The van der Waals surface area contributed by atoms with Crippen molar-refractivity contribution in [2.75, 3.05) is 26.7 Å². The summed E-state index contributed by atoms with van der Waals surface area (Å²) in [6.45, 7) is 6.98. The summed E-state index contributed by atoms with van der Waals surface area (Å²) in [5.41, 5.74) is 4.83. The fraction of sp³-hybridized carbons (Fsp3) is 0.440. The number of hydrogen-bond acceptors (Lipinski definition) is 4. The molecule has 1 fully saturated rings.